The number of thioether (sulfide) groups is 1. The molecule has 108 valence electrons. The van der Waals surface area contributed by atoms with Crippen LogP contribution in [0.2, 0.25) is 0 Å². The van der Waals surface area contributed by atoms with E-state index in [4.69, 9.17) is 9.47 Å². The van der Waals surface area contributed by atoms with Crippen molar-refractivity contribution in [2.45, 2.75) is 17.4 Å². The van der Waals surface area contributed by atoms with Crippen molar-refractivity contribution in [3.8, 4) is 11.5 Å². The summed E-state index contributed by atoms with van der Waals surface area (Å²) in [6.45, 7) is 1.26. The Labute approximate surface area is 128 Å². The van der Waals surface area contributed by atoms with Crippen molar-refractivity contribution >= 4 is 17.4 Å². The summed E-state index contributed by atoms with van der Waals surface area (Å²) < 4.78 is 11.2. The predicted molar refractivity (Wildman–Crippen MR) is 85.6 cm³/mol. The zero-order valence-corrected chi connectivity index (χ0v) is 12.5. The van der Waals surface area contributed by atoms with Crippen LogP contribution in [0.1, 0.15) is 18.0 Å². The summed E-state index contributed by atoms with van der Waals surface area (Å²) in [5.41, 5.74) is 2.48. The Morgan fingerprint density at radius 3 is 2.81 bits per heavy atom. The highest BCUT2D eigenvalue weighted by molar-refractivity contribution is 7.99. The molecule has 21 heavy (non-hydrogen) atoms. The van der Waals surface area contributed by atoms with Crippen LogP contribution in [0, 0.1) is 0 Å². The highest BCUT2D eigenvalue weighted by atomic mass is 32.2. The van der Waals surface area contributed by atoms with Gasteiger partial charge in [0.2, 0.25) is 0 Å². The SMILES string of the molecule is c1ccc2c(c1)SCCC2Nc1ccc2c(c1)OCCO2. The van der Waals surface area contributed by atoms with Crippen LogP contribution >= 0.6 is 11.8 Å². The topological polar surface area (TPSA) is 30.5 Å². The van der Waals surface area contributed by atoms with Gasteiger partial charge < -0.3 is 14.8 Å². The average Bonchev–Trinajstić information content (AvgIpc) is 2.55. The van der Waals surface area contributed by atoms with Crippen molar-refractivity contribution in [2.24, 2.45) is 0 Å². The summed E-state index contributed by atoms with van der Waals surface area (Å²) in [7, 11) is 0. The van der Waals surface area contributed by atoms with Gasteiger partial charge in [0.15, 0.2) is 11.5 Å². The molecule has 2 aliphatic rings. The third-order valence-corrected chi connectivity index (χ3v) is 4.96. The molecule has 1 N–H and O–H groups in total. The molecule has 0 spiro atoms. The van der Waals surface area contributed by atoms with E-state index in [2.05, 4.69) is 35.6 Å². The summed E-state index contributed by atoms with van der Waals surface area (Å²) in [5.74, 6) is 2.83. The molecule has 0 aliphatic carbocycles. The van der Waals surface area contributed by atoms with E-state index >= 15 is 0 Å². The Balaban J connectivity index is 1.59. The van der Waals surface area contributed by atoms with Crippen LogP contribution in [0.25, 0.3) is 0 Å². The number of fused-ring (bicyclic) bond motifs is 2. The lowest BCUT2D eigenvalue weighted by molar-refractivity contribution is 0.171. The highest BCUT2D eigenvalue weighted by Crippen LogP contribution is 2.39. The predicted octanol–water partition coefficient (Wildman–Crippen LogP) is 4.11. The second-order valence-electron chi connectivity index (χ2n) is 5.23. The summed E-state index contributed by atoms with van der Waals surface area (Å²) >= 11 is 1.94. The minimum Gasteiger partial charge on any atom is -0.486 e. The fraction of sp³-hybridized carbons (Fsp3) is 0.294. The Hall–Kier alpha value is -1.81. The van der Waals surface area contributed by atoms with E-state index in [0.717, 1.165) is 29.4 Å². The summed E-state index contributed by atoms with van der Waals surface area (Å²) in [4.78, 5) is 1.39. The molecule has 2 aliphatic heterocycles. The Morgan fingerprint density at radius 2 is 1.86 bits per heavy atom. The summed E-state index contributed by atoms with van der Waals surface area (Å²) in [6.07, 6.45) is 1.14. The van der Waals surface area contributed by atoms with Gasteiger partial charge in [0.05, 0.1) is 6.04 Å². The van der Waals surface area contributed by atoms with Crippen LogP contribution in [-0.2, 0) is 0 Å². The van der Waals surface area contributed by atoms with Crippen molar-refractivity contribution < 1.29 is 9.47 Å². The molecule has 0 bridgehead atoms. The van der Waals surface area contributed by atoms with Crippen molar-refractivity contribution in [1.29, 1.82) is 0 Å². The first-order valence-corrected chi connectivity index (χ1v) is 8.26. The van der Waals surface area contributed by atoms with Gasteiger partial charge in [-0.15, -0.1) is 11.8 Å². The largest absolute Gasteiger partial charge is 0.486 e. The van der Waals surface area contributed by atoms with Gasteiger partial charge in [0.1, 0.15) is 13.2 Å². The normalized spacial score (nSPS) is 19.7. The first kappa shape index (κ1) is 12.9. The van der Waals surface area contributed by atoms with Crippen LogP contribution in [0.3, 0.4) is 0 Å². The molecule has 0 saturated carbocycles. The van der Waals surface area contributed by atoms with E-state index in [1.54, 1.807) is 0 Å². The van der Waals surface area contributed by atoms with Gasteiger partial charge in [-0.3, -0.25) is 0 Å². The number of anilines is 1. The fourth-order valence-corrected chi connectivity index (χ4v) is 3.95. The first-order valence-electron chi connectivity index (χ1n) is 7.28. The van der Waals surface area contributed by atoms with E-state index in [1.165, 1.54) is 10.5 Å². The summed E-state index contributed by atoms with van der Waals surface area (Å²) in [6, 6.07) is 15.1. The number of ether oxygens (including phenoxy) is 2. The molecule has 0 aromatic heterocycles. The second kappa shape index (κ2) is 5.53. The number of benzene rings is 2. The highest BCUT2D eigenvalue weighted by Gasteiger charge is 2.21. The molecule has 2 aromatic carbocycles. The van der Waals surface area contributed by atoms with Gasteiger partial charge in [-0.05, 0) is 30.2 Å². The minimum absolute atomic E-state index is 0.366. The van der Waals surface area contributed by atoms with Gasteiger partial charge >= 0.3 is 0 Å². The molecule has 0 radical (unpaired) electrons. The molecule has 3 nitrogen and oxygen atoms in total. The van der Waals surface area contributed by atoms with E-state index in [0.29, 0.717) is 19.3 Å². The van der Waals surface area contributed by atoms with Gasteiger partial charge in [-0.25, -0.2) is 0 Å². The molecule has 1 unspecified atom stereocenters. The summed E-state index contributed by atoms with van der Waals surface area (Å²) in [5, 5.41) is 3.64. The number of hydrogen-bond donors (Lipinski definition) is 1. The quantitative estimate of drug-likeness (QED) is 0.904. The van der Waals surface area contributed by atoms with Crippen LogP contribution in [0.15, 0.2) is 47.4 Å². The molecule has 0 amide bonds. The maximum absolute atomic E-state index is 5.65. The van der Waals surface area contributed by atoms with Gasteiger partial charge in [-0.2, -0.15) is 0 Å². The van der Waals surface area contributed by atoms with Gasteiger partial charge in [0, 0.05) is 22.4 Å². The lowest BCUT2D eigenvalue weighted by Gasteiger charge is -2.27. The molecule has 2 aromatic rings. The Bertz CT molecular complexity index is 659. The molecule has 4 rings (SSSR count). The lowest BCUT2D eigenvalue weighted by atomic mass is 10.0. The Morgan fingerprint density at radius 1 is 1.00 bits per heavy atom. The fourth-order valence-electron chi connectivity index (χ4n) is 2.83. The van der Waals surface area contributed by atoms with Gasteiger partial charge in [0.25, 0.3) is 0 Å². The molecule has 4 heteroatoms. The van der Waals surface area contributed by atoms with Crippen LogP contribution in [-0.4, -0.2) is 19.0 Å². The van der Waals surface area contributed by atoms with Crippen molar-refractivity contribution in [1.82, 2.24) is 0 Å². The number of hydrogen-bond acceptors (Lipinski definition) is 4. The van der Waals surface area contributed by atoms with Crippen LogP contribution in [0.5, 0.6) is 11.5 Å². The molecular formula is C17H17NO2S. The van der Waals surface area contributed by atoms with Crippen LogP contribution in [0.4, 0.5) is 5.69 Å². The molecular weight excluding hydrogens is 282 g/mol. The van der Waals surface area contributed by atoms with E-state index in [-0.39, 0.29) is 0 Å². The molecule has 1 atom stereocenters. The zero-order valence-electron chi connectivity index (χ0n) is 11.7. The van der Waals surface area contributed by atoms with E-state index in [9.17, 15) is 0 Å². The molecule has 0 saturated heterocycles. The lowest BCUT2D eigenvalue weighted by Crippen LogP contribution is -2.17. The molecule has 0 fully saturated rings. The third kappa shape index (κ3) is 2.56. The van der Waals surface area contributed by atoms with Crippen molar-refractivity contribution in [2.75, 3.05) is 24.3 Å². The maximum atomic E-state index is 5.65. The average molecular weight is 299 g/mol. The monoisotopic (exact) mass is 299 g/mol. The van der Waals surface area contributed by atoms with Crippen LogP contribution < -0.4 is 14.8 Å². The zero-order chi connectivity index (χ0) is 14.1. The third-order valence-electron chi connectivity index (χ3n) is 3.84. The van der Waals surface area contributed by atoms with E-state index < -0.39 is 0 Å². The van der Waals surface area contributed by atoms with Gasteiger partial charge in [-0.1, -0.05) is 18.2 Å². The smallest absolute Gasteiger partial charge is 0.163 e. The minimum atomic E-state index is 0.366. The second-order valence-corrected chi connectivity index (χ2v) is 6.37. The number of rotatable bonds is 2. The number of nitrogens with one attached hydrogen (secondary N) is 1. The van der Waals surface area contributed by atoms with Crippen molar-refractivity contribution in [3.05, 3.63) is 48.0 Å². The van der Waals surface area contributed by atoms with Crippen molar-refractivity contribution in [3.63, 3.8) is 0 Å². The Kier molecular flexibility index (Phi) is 3.39. The molecule has 2 heterocycles. The maximum Gasteiger partial charge on any atom is 0.163 e. The first-order chi connectivity index (χ1) is 10.4. The van der Waals surface area contributed by atoms with E-state index in [1.807, 2.05) is 23.9 Å². The standard InChI is InChI=1S/C17H17NO2S/c1-2-4-17-13(3-1)14(7-10-21-17)18-12-5-6-15-16(11-12)20-9-8-19-15/h1-6,11,14,18H,7-10H2.